The summed E-state index contributed by atoms with van der Waals surface area (Å²) in [5, 5.41) is 7.61. The van der Waals surface area contributed by atoms with Crippen molar-refractivity contribution < 1.29 is 19.0 Å². The molecule has 1 saturated carbocycles. The summed E-state index contributed by atoms with van der Waals surface area (Å²) >= 11 is 0. The number of nitrogens with one attached hydrogen (secondary N) is 1. The Morgan fingerprint density at radius 1 is 1.17 bits per heavy atom. The third-order valence-corrected chi connectivity index (χ3v) is 7.03. The summed E-state index contributed by atoms with van der Waals surface area (Å²) in [5.74, 6) is 0.453. The van der Waals surface area contributed by atoms with E-state index in [2.05, 4.69) is 34.2 Å². The van der Waals surface area contributed by atoms with Gasteiger partial charge in [-0.05, 0) is 64.2 Å². The van der Waals surface area contributed by atoms with Gasteiger partial charge in [0.15, 0.2) is 5.82 Å². The summed E-state index contributed by atoms with van der Waals surface area (Å²) < 4.78 is 19.1. The van der Waals surface area contributed by atoms with Crippen molar-refractivity contribution in [3.8, 4) is 17.1 Å². The number of fused-ring (bicyclic) bond motifs is 1. The quantitative estimate of drug-likeness (QED) is 0.534. The van der Waals surface area contributed by atoms with Crippen molar-refractivity contribution in [1.82, 2.24) is 24.9 Å². The van der Waals surface area contributed by atoms with Crippen LogP contribution in [0.3, 0.4) is 0 Å². The van der Waals surface area contributed by atoms with Crippen molar-refractivity contribution in [3.63, 3.8) is 0 Å². The second-order valence-corrected chi connectivity index (χ2v) is 10.2. The van der Waals surface area contributed by atoms with Crippen LogP contribution in [0.1, 0.15) is 63.0 Å². The maximum Gasteiger partial charge on any atom is 0.291 e. The predicted octanol–water partition coefficient (Wildman–Crippen LogP) is 3.40. The van der Waals surface area contributed by atoms with Crippen molar-refractivity contribution in [2.75, 3.05) is 19.5 Å². The molecule has 1 amide bonds. The van der Waals surface area contributed by atoms with Crippen LogP contribution in [-0.4, -0.2) is 63.1 Å². The summed E-state index contributed by atoms with van der Waals surface area (Å²) in [4.78, 5) is 21.5. The first-order chi connectivity index (χ1) is 17.3. The number of pyridine rings is 1. The average Bonchev–Trinajstić information content (AvgIpc) is 3.29. The topological polar surface area (TPSA) is 126 Å². The predicted molar refractivity (Wildman–Crippen MR) is 135 cm³/mol. The van der Waals surface area contributed by atoms with E-state index in [1.807, 2.05) is 24.3 Å². The molecule has 4 heterocycles. The number of methoxy groups -OCH3 is 1. The molecule has 10 nitrogen and oxygen atoms in total. The van der Waals surface area contributed by atoms with E-state index >= 15 is 0 Å². The Balaban J connectivity index is 1.23. The number of nitrogen functional groups attached to an aromatic ring is 1. The average molecular weight is 495 g/mol. The maximum absolute atomic E-state index is 13.1. The van der Waals surface area contributed by atoms with E-state index in [9.17, 15) is 4.79 Å². The van der Waals surface area contributed by atoms with Crippen LogP contribution in [0.4, 0.5) is 5.82 Å². The molecule has 36 heavy (non-hydrogen) atoms. The Labute approximate surface area is 210 Å². The molecule has 192 valence electrons. The molecule has 1 atom stereocenters. The summed E-state index contributed by atoms with van der Waals surface area (Å²) in [7, 11) is 1.57. The third-order valence-electron chi connectivity index (χ3n) is 7.03. The van der Waals surface area contributed by atoms with Gasteiger partial charge in [-0.3, -0.25) is 4.79 Å². The molecule has 3 N–H and O–H groups in total. The fraction of sp³-hybridized carbons (Fsp3) is 0.538. The standard InChI is InChI=1S/C26H34N6O4/c1-26(2)15-19(11-13-35-26)36-18-6-4-17(5-7-18)29-25(33)24-30-23(27)21-9-8-20(32(21)31-24)16-10-12-28-22(14-16)34-3/h8-10,12,14,17-19H,4-7,11,13,15H2,1-3H3,(H,29,33)(H2,27,30,31). The van der Waals surface area contributed by atoms with Gasteiger partial charge in [0.2, 0.25) is 11.7 Å². The van der Waals surface area contributed by atoms with Crippen molar-refractivity contribution in [1.29, 1.82) is 0 Å². The molecule has 2 aliphatic rings. The van der Waals surface area contributed by atoms with Gasteiger partial charge in [0.1, 0.15) is 5.52 Å². The van der Waals surface area contributed by atoms with Crippen molar-refractivity contribution in [3.05, 3.63) is 36.3 Å². The van der Waals surface area contributed by atoms with Crippen LogP contribution in [0, 0.1) is 0 Å². The molecule has 3 aromatic rings. The lowest BCUT2D eigenvalue weighted by Gasteiger charge is -2.38. The van der Waals surface area contributed by atoms with Crippen LogP contribution >= 0.6 is 0 Å². The van der Waals surface area contributed by atoms with E-state index in [-0.39, 0.29) is 41.4 Å². The number of rotatable bonds is 6. The molecule has 3 aromatic heterocycles. The van der Waals surface area contributed by atoms with Gasteiger partial charge in [-0.25, -0.2) is 14.5 Å². The van der Waals surface area contributed by atoms with Crippen LogP contribution in [0.25, 0.3) is 16.8 Å². The number of hydrogen-bond acceptors (Lipinski definition) is 8. The van der Waals surface area contributed by atoms with Crippen LogP contribution in [0.15, 0.2) is 30.5 Å². The van der Waals surface area contributed by atoms with Crippen molar-refractivity contribution >= 4 is 17.2 Å². The molecule has 10 heteroatoms. The molecule has 2 fully saturated rings. The Hall–Kier alpha value is -3.24. The Kier molecular flexibility index (Phi) is 6.81. The van der Waals surface area contributed by atoms with Crippen LogP contribution in [0.2, 0.25) is 0 Å². The largest absolute Gasteiger partial charge is 0.481 e. The van der Waals surface area contributed by atoms with E-state index in [0.717, 1.165) is 56.4 Å². The molecule has 1 aliphatic heterocycles. The second-order valence-electron chi connectivity index (χ2n) is 10.2. The molecule has 1 aliphatic carbocycles. The molecular weight excluding hydrogens is 460 g/mol. The van der Waals surface area contributed by atoms with E-state index in [1.165, 1.54) is 0 Å². The van der Waals surface area contributed by atoms with Gasteiger partial charge < -0.3 is 25.3 Å². The zero-order chi connectivity index (χ0) is 25.3. The van der Waals surface area contributed by atoms with Crippen LogP contribution < -0.4 is 15.8 Å². The zero-order valence-corrected chi connectivity index (χ0v) is 21.1. The van der Waals surface area contributed by atoms with Crippen molar-refractivity contribution in [2.45, 2.75) is 76.2 Å². The Morgan fingerprint density at radius 2 is 1.97 bits per heavy atom. The lowest BCUT2D eigenvalue weighted by atomic mass is 9.91. The molecule has 1 unspecified atom stereocenters. The van der Waals surface area contributed by atoms with Gasteiger partial charge >= 0.3 is 0 Å². The summed E-state index contributed by atoms with van der Waals surface area (Å²) in [6.07, 6.45) is 7.51. The number of nitrogens with zero attached hydrogens (tertiary/aromatic N) is 4. The number of carbonyl (C=O) groups is 1. The third kappa shape index (κ3) is 5.29. The molecule has 1 saturated heterocycles. The number of carbonyl (C=O) groups excluding carboxylic acids is 1. The first-order valence-corrected chi connectivity index (χ1v) is 12.6. The SMILES string of the molecule is COc1cc(-c2ccc3c(N)nc(C(=O)NC4CCC(OC5CCOC(C)(C)C5)CC4)nn23)ccn1. The summed E-state index contributed by atoms with van der Waals surface area (Å²) in [5.41, 5.74) is 8.30. The molecule has 5 rings (SSSR count). The molecule has 0 aromatic carbocycles. The Bertz CT molecular complexity index is 1230. The van der Waals surface area contributed by atoms with E-state index < -0.39 is 0 Å². The fourth-order valence-corrected chi connectivity index (χ4v) is 5.17. The highest BCUT2D eigenvalue weighted by Gasteiger charge is 2.32. The molecule has 0 bridgehead atoms. The fourth-order valence-electron chi connectivity index (χ4n) is 5.17. The van der Waals surface area contributed by atoms with Crippen LogP contribution in [0.5, 0.6) is 5.88 Å². The van der Waals surface area contributed by atoms with Gasteiger partial charge in [0.05, 0.1) is 30.6 Å². The monoisotopic (exact) mass is 494 g/mol. The minimum absolute atomic E-state index is 0.0429. The first kappa shape index (κ1) is 24.5. The van der Waals surface area contributed by atoms with E-state index in [4.69, 9.17) is 19.9 Å². The molecule has 0 spiro atoms. The lowest BCUT2D eigenvalue weighted by molar-refractivity contribution is -0.137. The number of anilines is 1. The summed E-state index contributed by atoms with van der Waals surface area (Å²) in [6.45, 7) is 4.98. The number of amides is 1. The number of aromatic nitrogens is 4. The Morgan fingerprint density at radius 3 is 2.72 bits per heavy atom. The number of ether oxygens (including phenoxy) is 3. The zero-order valence-electron chi connectivity index (χ0n) is 21.1. The minimum Gasteiger partial charge on any atom is -0.481 e. The highest BCUT2D eigenvalue weighted by atomic mass is 16.5. The van der Waals surface area contributed by atoms with Gasteiger partial charge in [-0.15, -0.1) is 5.10 Å². The van der Waals surface area contributed by atoms with Crippen molar-refractivity contribution in [2.24, 2.45) is 0 Å². The maximum atomic E-state index is 13.1. The first-order valence-electron chi connectivity index (χ1n) is 12.6. The minimum atomic E-state index is -0.328. The van der Waals surface area contributed by atoms with E-state index in [1.54, 1.807) is 17.8 Å². The smallest absolute Gasteiger partial charge is 0.291 e. The summed E-state index contributed by atoms with van der Waals surface area (Å²) in [6, 6.07) is 7.43. The molecule has 0 radical (unpaired) electrons. The highest BCUT2D eigenvalue weighted by molar-refractivity contribution is 5.91. The van der Waals surface area contributed by atoms with Crippen LogP contribution in [-0.2, 0) is 9.47 Å². The second kappa shape index (κ2) is 10.0. The molecular formula is C26H34N6O4. The van der Waals surface area contributed by atoms with Gasteiger partial charge in [-0.1, -0.05) is 0 Å². The van der Waals surface area contributed by atoms with Gasteiger partial charge in [0, 0.05) is 36.9 Å². The highest BCUT2D eigenvalue weighted by Crippen LogP contribution is 2.30. The normalized spacial score (nSPS) is 23.9. The number of hydrogen-bond donors (Lipinski definition) is 2. The van der Waals surface area contributed by atoms with Gasteiger partial charge in [-0.2, -0.15) is 0 Å². The van der Waals surface area contributed by atoms with Gasteiger partial charge in [0.25, 0.3) is 5.91 Å². The lowest BCUT2D eigenvalue weighted by Crippen LogP contribution is -2.42. The van der Waals surface area contributed by atoms with E-state index in [0.29, 0.717) is 11.4 Å². The number of nitrogens with two attached hydrogens (primary N) is 1.